The first-order chi connectivity index (χ1) is 19.1. The number of hydrogen-bond donors (Lipinski definition) is 1. The van der Waals surface area contributed by atoms with Gasteiger partial charge in [0.15, 0.2) is 11.4 Å². The van der Waals surface area contributed by atoms with Crippen molar-refractivity contribution in [2.45, 2.75) is 58.1 Å². The van der Waals surface area contributed by atoms with Crippen LogP contribution in [0.5, 0.6) is 11.5 Å². The van der Waals surface area contributed by atoms with Crippen LogP contribution in [-0.2, 0) is 14.3 Å². The largest absolute Gasteiger partial charge is 0.493 e. The van der Waals surface area contributed by atoms with Crippen molar-refractivity contribution in [1.29, 1.82) is 0 Å². The van der Waals surface area contributed by atoms with E-state index >= 15 is 0 Å². The molecule has 0 saturated carbocycles. The monoisotopic (exact) mass is 554 g/mol. The number of nitrogens with one attached hydrogen (secondary N) is 1. The predicted molar refractivity (Wildman–Crippen MR) is 143 cm³/mol. The van der Waals surface area contributed by atoms with E-state index in [4.69, 9.17) is 14.2 Å². The van der Waals surface area contributed by atoms with Crippen molar-refractivity contribution < 1.29 is 37.4 Å². The van der Waals surface area contributed by atoms with Crippen molar-refractivity contribution in [3.05, 3.63) is 89.2 Å². The Morgan fingerprint density at radius 2 is 1.50 bits per heavy atom. The van der Waals surface area contributed by atoms with Crippen molar-refractivity contribution in [2.75, 3.05) is 7.11 Å². The highest BCUT2D eigenvalue weighted by atomic mass is 19.1. The minimum atomic E-state index is -1.12. The molecule has 1 aromatic heterocycles. The van der Waals surface area contributed by atoms with Gasteiger partial charge in [-0.05, 0) is 55.7 Å². The normalized spacial score (nSPS) is 12.4. The minimum Gasteiger partial charge on any atom is -0.493 e. The number of halogens is 2. The third kappa shape index (κ3) is 7.84. The Balaban J connectivity index is 1.76. The molecule has 10 heteroatoms. The molecule has 0 spiro atoms. The SMILES string of the molecule is CCCCC(=O)Oc1c(OC)ccnc1C(=O)N[C@@H](C)C(=O)O[C@@H](C)C(c1ccc(F)cc1)c1ccc(F)cc1. The summed E-state index contributed by atoms with van der Waals surface area (Å²) in [6.07, 6.45) is 2.10. The van der Waals surface area contributed by atoms with Gasteiger partial charge in [0.1, 0.15) is 23.8 Å². The van der Waals surface area contributed by atoms with Crippen LogP contribution >= 0.6 is 0 Å². The first-order valence-electron chi connectivity index (χ1n) is 12.9. The molecule has 0 aliphatic rings. The number of carbonyl (C=O) groups is 3. The number of methoxy groups -OCH3 is 1. The van der Waals surface area contributed by atoms with Gasteiger partial charge in [0.2, 0.25) is 5.75 Å². The lowest BCUT2D eigenvalue weighted by Crippen LogP contribution is -2.41. The van der Waals surface area contributed by atoms with Gasteiger partial charge in [0, 0.05) is 24.6 Å². The maximum absolute atomic E-state index is 13.6. The zero-order valence-electron chi connectivity index (χ0n) is 22.8. The van der Waals surface area contributed by atoms with Crippen molar-refractivity contribution >= 4 is 17.8 Å². The van der Waals surface area contributed by atoms with E-state index in [1.807, 2.05) is 6.92 Å². The van der Waals surface area contributed by atoms with Crippen LogP contribution in [0.1, 0.15) is 67.6 Å². The fraction of sp³-hybridized carbons (Fsp3) is 0.333. The van der Waals surface area contributed by atoms with Gasteiger partial charge in [0.05, 0.1) is 7.11 Å². The van der Waals surface area contributed by atoms with E-state index in [0.29, 0.717) is 17.5 Å². The summed E-state index contributed by atoms with van der Waals surface area (Å²) >= 11 is 0. The fourth-order valence-electron chi connectivity index (χ4n) is 4.09. The van der Waals surface area contributed by atoms with Crippen molar-refractivity contribution in [3.8, 4) is 11.5 Å². The predicted octanol–water partition coefficient (Wildman–Crippen LogP) is 5.35. The Bertz CT molecular complexity index is 1270. The number of pyridine rings is 1. The molecule has 0 saturated heterocycles. The average molecular weight is 555 g/mol. The van der Waals surface area contributed by atoms with Crippen molar-refractivity contribution in [3.63, 3.8) is 0 Å². The molecule has 0 radical (unpaired) electrons. The Kier molecular flexibility index (Phi) is 10.7. The number of nitrogens with zero attached hydrogens (tertiary/aromatic N) is 1. The van der Waals surface area contributed by atoms with E-state index in [-0.39, 0.29) is 23.6 Å². The van der Waals surface area contributed by atoms with Crippen LogP contribution in [0.4, 0.5) is 8.78 Å². The number of rotatable bonds is 12. The summed E-state index contributed by atoms with van der Waals surface area (Å²) in [5, 5.41) is 2.52. The Labute approximate surface area is 231 Å². The Morgan fingerprint density at radius 3 is 2.02 bits per heavy atom. The number of aromatic nitrogens is 1. The van der Waals surface area contributed by atoms with Crippen molar-refractivity contribution in [1.82, 2.24) is 10.3 Å². The third-order valence-corrected chi connectivity index (χ3v) is 6.18. The molecule has 2 atom stereocenters. The summed E-state index contributed by atoms with van der Waals surface area (Å²) in [5.74, 6) is -3.48. The third-order valence-electron chi connectivity index (χ3n) is 6.18. The van der Waals surface area contributed by atoms with E-state index in [2.05, 4.69) is 10.3 Å². The van der Waals surface area contributed by atoms with E-state index in [9.17, 15) is 23.2 Å². The number of unbranched alkanes of at least 4 members (excludes halogenated alkanes) is 1. The lowest BCUT2D eigenvalue weighted by Gasteiger charge is -2.26. The zero-order valence-corrected chi connectivity index (χ0v) is 22.8. The molecule has 3 rings (SSSR count). The second-order valence-corrected chi connectivity index (χ2v) is 9.19. The lowest BCUT2D eigenvalue weighted by atomic mass is 9.87. The quantitative estimate of drug-likeness (QED) is 0.301. The summed E-state index contributed by atoms with van der Waals surface area (Å²) in [4.78, 5) is 42.4. The smallest absolute Gasteiger partial charge is 0.328 e. The first kappa shape index (κ1) is 30.2. The molecular formula is C30H32F2N2O6. The molecule has 40 heavy (non-hydrogen) atoms. The van der Waals surface area contributed by atoms with E-state index in [0.717, 1.165) is 6.42 Å². The average Bonchev–Trinajstić information content (AvgIpc) is 2.94. The molecule has 8 nitrogen and oxygen atoms in total. The van der Waals surface area contributed by atoms with Crippen LogP contribution in [0.25, 0.3) is 0 Å². The molecule has 212 valence electrons. The Morgan fingerprint density at radius 1 is 0.925 bits per heavy atom. The van der Waals surface area contributed by atoms with Gasteiger partial charge in [-0.3, -0.25) is 9.59 Å². The van der Waals surface area contributed by atoms with Crippen molar-refractivity contribution in [2.24, 2.45) is 0 Å². The molecule has 0 aliphatic carbocycles. The number of esters is 2. The van der Waals surface area contributed by atoms with Gasteiger partial charge >= 0.3 is 11.9 Å². The molecule has 0 fully saturated rings. The molecule has 1 N–H and O–H groups in total. The number of hydrogen-bond acceptors (Lipinski definition) is 7. The number of amides is 1. The van der Waals surface area contributed by atoms with Gasteiger partial charge < -0.3 is 19.5 Å². The standard InChI is InChI=1S/C30H32F2N2O6/c1-5-6-7-25(35)40-28-24(38-4)16-17-33-27(28)29(36)34-18(2)30(37)39-19(3)26(20-8-12-22(31)13-9-20)21-10-14-23(32)15-11-21/h8-19,26H,5-7H2,1-4H3,(H,34,36)/t18-,19-/m0/s1. The maximum atomic E-state index is 13.6. The summed E-state index contributed by atoms with van der Waals surface area (Å²) < 4.78 is 43.5. The maximum Gasteiger partial charge on any atom is 0.328 e. The zero-order chi connectivity index (χ0) is 29.2. The van der Waals surface area contributed by atoms with Crippen LogP contribution in [0.3, 0.4) is 0 Å². The number of ether oxygens (including phenoxy) is 3. The lowest BCUT2D eigenvalue weighted by molar-refractivity contribution is -0.150. The second-order valence-electron chi connectivity index (χ2n) is 9.19. The summed E-state index contributed by atoms with van der Waals surface area (Å²) in [5.41, 5.74) is 1.08. The minimum absolute atomic E-state index is 0.135. The van der Waals surface area contributed by atoms with Crippen LogP contribution in [0.2, 0.25) is 0 Å². The van der Waals surface area contributed by atoms with Gasteiger partial charge in [-0.2, -0.15) is 0 Å². The molecule has 2 aromatic carbocycles. The van der Waals surface area contributed by atoms with Crippen LogP contribution in [0.15, 0.2) is 60.8 Å². The summed E-state index contributed by atoms with van der Waals surface area (Å²) in [7, 11) is 1.36. The molecular weight excluding hydrogens is 522 g/mol. The van der Waals surface area contributed by atoms with Crippen LogP contribution in [-0.4, -0.2) is 42.1 Å². The van der Waals surface area contributed by atoms with Crippen LogP contribution in [0, 0.1) is 11.6 Å². The van der Waals surface area contributed by atoms with Gasteiger partial charge in [-0.15, -0.1) is 0 Å². The highest BCUT2D eigenvalue weighted by Crippen LogP contribution is 2.32. The number of benzene rings is 2. The first-order valence-corrected chi connectivity index (χ1v) is 12.9. The highest BCUT2D eigenvalue weighted by Gasteiger charge is 2.29. The molecule has 3 aromatic rings. The Hall–Kier alpha value is -4.34. The van der Waals surface area contributed by atoms with E-state index in [1.54, 1.807) is 31.2 Å². The molecule has 1 amide bonds. The van der Waals surface area contributed by atoms with E-state index in [1.165, 1.54) is 50.6 Å². The molecule has 0 aliphatic heterocycles. The molecule has 0 bridgehead atoms. The summed E-state index contributed by atoms with van der Waals surface area (Å²) in [6, 6.07) is 11.8. The number of carbonyl (C=O) groups excluding carboxylic acids is 3. The van der Waals surface area contributed by atoms with Gasteiger partial charge in [0.25, 0.3) is 5.91 Å². The topological polar surface area (TPSA) is 104 Å². The fourth-order valence-corrected chi connectivity index (χ4v) is 4.09. The second kappa shape index (κ2) is 14.2. The molecule has 0 unspecified atom stereocenters. The van der Waals surface area contributed by atoms with Gasteiger partial charge in [-0.25, -0.2) is 18.6 Å². The van der Waals surface area contributed by atoms with Crippen LogP contribution < -0.4 is 14.8 Å². The van der Waals surface area contributed by atoms with E-state index < -0.39 is 47.5 Å². The summed E-state index contributed by atoms with van der Waals surface area (Å²) in [6.45, 7) is 5.02. The van der Waals surface area contributed by atoms with Gasteiger partial charge in [-0.1, -0.05) is 37.6 Å². The molecule has 1 heterocycles. The highest BCUT2D eigenvalue weighted by molar-refractivity contribution is 5.98.